The molecule has 0 spiro atoms. The molecule has 3 aliphatic rings. The Morgan fingerprint density at radius 2 is 1.39 bits per heavy atom. The summed E-state index contributed by atoms with van der Waals surface area (Å²) in [5.74, 6) is -1.04. The van der Waals surface area contributed by atoms with Crippen molar-refractivity contribution < 1.29 is 28.5 Å². The van der Waals surface area contributed by atoms with Gasteiger partial charge in [-0.1, -0.05) is 97.6 Å². The van der Waals surface area contributed by atoms with E-state index in [1.807, 2.05) is 68.4 Å². The first-order chi connectivity index (χ1) is 18.4. The van der Waals surface area contributed by atoms with Crippen LogP contribution in [-0.4, -0.2) is 49.1 Å². The van der Waals surface area contributed by atoms with Gasteiger partial charge in [0.05, 0.1) is 12.2 Å². The Balaban J connectivity index is 1.36. The molecule has 1 N–H and O–H groups in total. The second kappa shape index (κ2) is 9.76. The van der Waals surface area contributed by atoms with Gasteiger partial charge in [0.1, 0.15) is 23.9 Å². The van der Waals surface area contributed by atoms with Gasteiger partial charge >= 0.3 is 0 Å². The first-order valence-electron chi connectivity index (χ1n) is 12.8. The molecule has 5 atom stereocenters. The number of carbonyl (C=O) groups is 1. The third-order valence-corrected chi connectivity index (χ3v) is 7.26. The monoisotopic (exact) mass is 513 g/mol. The van der Waals surface area contributed by atoms with Crippen molar-refractivity contribution in [1.29, 1.82) is 0 Å². The first-order valence-corrected chi connectivity index (χ1v) is 12.8. The average Bonchev–Trinajstić information content (AvgIpc) is 3.41. The van der Waals surface area contributed by atoms with E-state index < -0.39 is 42.2 Å². The summed E-state index contributed by atoms with van der Waals surface area (Å²) in [7, 11) is 0. The van der Waals surface area contributed by atoms with Gasteiger partial charge in [-0.3, -0.25) is 4.79 Å². The molecular weight excluding hydrogens is 482 g/mol. The van der Waals surface area contributed by atoms with E-state index in [2.05, 4.69) is 48.3 Å². The molecule has 0 bridgehead atoms. The fourth-order valence-electron chi connectivity index (χ4n) is 5.43. The topological polar surface area (TPSA) is 75.3 Å². The minimum absolute atomic E-state index is 0.177. The van der Waals surface area contributed by atoms with Gasteiger partial charge in [0.2, 0.25) is 0 Å². The van der Waals surface area contributed by atoms with Crippen molar-refractivity contribution in [3.63, 3.8) is 0 Å². The van der Waals surface area contributed by atoms with Crippen LogP contribution in [0.4, 0.5) is 0 Å². The fraction of sp³-hybridized carbons (Fsp3) is 0.323. The molecule has 1 unspecified atom stereocenters. The summed E-state index contributed by atoms with van der Waals surface area (Å²) in [6, 6.07) is 30.5. The molecule has 6 rings (SSSR count). The zero-order valence-corrected chi connectivity index (χ0v) is 21.4. The van der Waals surface area contributed by atoms with E-state index in [9.17, 15) is 4.79 Å². The number of ether oxygens (including phenoxy) is 5. The molecule has 3 saturated heterocycles. The van der Waals surface area contributed by atoms with Crippen LogP contribution in [0.3, 0.4) is 0 Å². The smallest absolute Gasteiger partial charge is 0.253 e. The molecular formula is C31H31NO6. The number of carbonyl (C=O) groups excluding carboxylic acids is 1. The minimum Gasteiger partial charge on any atom is -0.358 e. The summed E-state index contributed by atoms with van der Waals surface area (Å²) in [6.45, 7) is 7.68. The van der Waals surface area contributed by atoms with Crippen molar-refractivity contribution in [3.8, 4) is 0 Å². The lowest BCUT2D eigenvalue weighted by Gasteiger charge is -2.38. The van der Waals surface area contributed by atoms with E-state index in [0.717, 1.165) is 16.7 Å². The molecule has 3 aliphatic heterocycles. The van der Waals surface area contributed by atoms with Crippen molar-refractivity contribution in [2.45, 2.75) is 56.1 Å². The van der Waals surface area contributed by atoms with Crippen LogP contribution in [0, 0.1) is 0 Å². The van der Waals surface area contributed by atoms with Crippen LogP contribution in [0.1, 0.15) is 30.5 Å². The summed E-state index contributed by atoms with van der Waals surface area (Å²) in [6.07, 6.45) is -2.78. The zero-order valence-electron chi connectivity index (χ0n) is 21.4. The fourth-order valence-corrected chi connectivity index (χ4v) is 5.43. The molecule has 3 aromatic rings. The van der Waals surface area contributed by atoms with Crippen molar-refractivity contribution in [2.75, 3.05) is 6.61 Å². The Morgan fingerprint density at radius 3 is 1.87 bits per heavy atom. The highest BCUT2D eigenvalue weighted by molar-refractivity contribution is 6.00. The third kappa shape index (κ3) is 4.36. The first kappa shape index (κ1) is 25.0. The molecule has 7 heteroatoms. The standard InChI is InChI=1S/C31H31NO6/c1-20-27(33)32-28(20)36-25-24(35-29-26(25)37-30(2,3)38-29)19-34-31(21-13-7-4-8-14-21,22-15-9-5-10-16-22)23-17-11-6-12-18-23/h4-18,24-26,28-29H,1,19H2,2-3H3,(H,32,33)/t24-,25+,26-,28?,29-/m1/s1. The molecule has 7 nitrogen and oxygen atoms in total. The van der Waals surface area contributed by atoms with E-state index in [0.29, 0.717) is 5.57 Å². The third-order valence-electron chi connectivity index (χ3n) is 7.26. The van der Waals surface area contributed by atoms with Gasteiger partial charge < -0.3 is 29.0 Å². The summed E-state index contributed by atoms with van der Waals surface area (Å²) in [5.41, 5.74) is 2.42. The number of hydrogen-bond donors (Lipinski definition) is 1. The molecule has 38 heavy (non-hydrogen) atoms. The Kier molecular flexibility index (Phi) is 6.42. The Bertz CT molecular complexity index is 1200. The van der Waals surface area contributed by atoms with E-state index in [1.54, 1.807) is 0 Å². The SMILES string of the molecule is C=C1C(=O)NC1O[C@@H]1[C@H]2OC(C)(C)O[C@H]2O[C@@H]1COC(c1ccccc1)(c1ccccc1)c1ccccc1. The van der Waals surface area contributed by atoms with E-state index >= 15 is 0 Å². The minimum atomic E-state index is -0.912. The predicted molar refractivity (Wildman–Crippen MR) is 140 cm³/mol. The van der Waals surface area contributed by atoms with Gasteiger partial charge in [0, 0.05) is 0 Å². The summed E-state index contributed by atoms with van der Waals surface area (Å²) in [5, 5.41) is 2.74. The molecule has 0 saturated carbocycles. The molecule has 1 amide bonds. The molecule has 0 aromatic heterocycles. The summed E-state index contributed by atoms with van der Waals surface area (Å²) in [4.78, 5) is 11.8. The lowest BCUT2D eigenvalue weighted by Crippen LogP contribution is -2.56. The lowest BCUT2D eigenvalue weighted by molar-refractivity contribution is -0.231. The van der Waals surface area contributed by atoms with Crippen LogP contribution in [0.5, 0.6) is 0 Å². The van der Waals surface area contributed by atoms with Crippen LogP contribution < -0.4 is 5.32 Å². The second-order valence-corrected chi connectivity index (χ2v) is 10.2. The van der Waals surface area contributed by atoms with E-state index in [4.69, 9.17) is 23.7 Å². The summed E-state index contributed by atoms with van der Waals surface area (Å²) >= 11 is 0. The molecule has 0 radical (unpaired) electrons. The molecule has 3 heterocycles. The summed E-state index contributed by atoms with van der Waals surface area (Å²) < 4.78 is 31.8. The normalized spacial score (nSPS) is 28.0. The van der Waals surface area contributed by atoms with Crippen LogP contribution in [0.2, 0.25) is 0 Å². The number of rotatable bonds is 8. The Hall–Kier alpha value is -3.33. The maximum Gasteiger partial charge on any atom is 0.253 e. The highest BCUT2D eigenvalue weighted by Gasteiger charge is 2.57. The number of benzene rings is 3. The largest absolute Gasteiger partial charge is 0.358 e. The van der Waals surface area contributed by atoms with Crippen molar-refractivity contribution in [1.82, 2.24) is 5.32 Å². The van der Waals surface area contributed by atoms with Crippen LogP contribution in [-0.2, 0) is 34.1 Å². The molecule has 3 aromatic carbocycles. The van der Waals surface area contributed by atoms with Crippen LogP contribution in [0.25, 0.3) is 0 Å². The number of amides is 1. The molecule has 3 fully saturated rings. The van der Waals surface area contributed by atoms with Crippen molar-refractivity contribution in [2.24, 2.45) is 0 Å². The second-order valence-electron chi connectivity index (χ2n) is 10.2. The number of β-lactam (4-membered cyclic amide) rings is 1. The number of hydrogen-bond acceptors (Lipinski definition) is 6. The van der Waals surface area contributed by atoms with Crippen LogP contribution >= 0.6 is 0 Å². The number of fused-ring (bicyclic) bond motifs is 1. The lowest BCUT2D eigenvalue weighted by atomic mass is 9.80. The average molecular weight is 514 g/mol. The van der Waals surface area contributed by atoms with Gasteiger partial charge in [0.15, 0.2) is 18.3 Å². The highest BCUT2D eigenvalue weighted by Crippen LogP contribution is 2.43. The van der Waals surface area contributed by atoms with E-state index in [1.165, 1.54) is 0 Å². The van der Waals surface area contributed by atoms with Gasteiger partial charge in [-0.05, 0) is 30.5 Å². The highest BCUT2D eigenvalue weighted by atomic mass is 16.8. The quantitative estimate of drug-likeness (QED) is 0.276. The van der Waals surface area contributed by atoms with Crippen LogP contribution in [0.15, 0.2) is 103 Å². The van der Waals surface area contributed by atoms with E-state index in [-0.39, 0.29) is 12.5 Å². The van der Waals surface area contributed by atoms with Crippen molar-refractivity contribution in [3.05, 3.63) is 120 Å². The Morgan fingerprint density at radius 1 is 0.868 bits per heavy atom. The van der Waals surface area contributed by atoms with Crippen molar-refractivity contribution >= 4 is 5.91 Å². The molecule has 196 valence electrons. The zero-order chi connectivity index (χ0) is 26.3. The maximum atomic E-state index is 11.8. The molecule has 0 aliphatic carbocycles. The van der Waals surface area contributed by atoms with Gasteiger partial charge in [-0.25, -0.2) is 0 Å². The van der Waals surface area contributed by atoms with Gasteiger partial charge in [0.25, 0.3) is 5.91 Å². The number of nitrogens with one attached hydrogen (secondary N) is 1. The van der Waals surface area contributed by atoms with Gasteiger partial charge in [-0.15, -0.1) is 0 Å². The Labute approximate surface area is 222 Å². The predicted octanol–water partition coefficient (Wildman–Crippen LogP) is 4.27. The van der Waals surface area contributed by atoms with Gasteiger partial charge in [-0.2, -0.15) is 0 Å². The maximum absolute atomic E-state index is 11.8.